The summed E-state index contributed by atoms with van der Waals surface area (Å²) in [5, 5.41) is 11.6. The molecule has 0 aliphatic heterocycles. The van der Waals surface area contributed by atoms with Crippen molar-refractivity contribution in [1.29, 1.82) is 0 Å². The number of carboxylic acids is 1. The summed E-state index contributed by atoms with van der Waals surface area (Å²) >= 11 is 0. The van der Waals surface area contributed by atoms with Crippen molar-refractivity contribution in [2.45, 2.75) is 32.7 Å². The number of nitrogens with one attached hydrogen (secondary N) is 1. The zero-order valence-corrected chi connectivity index (χ0v) is 10.6. The first kappa shape index (κ1) is 14.2. The van der Waals surface area contributed by atoms with E-state index in [1.807, 2.05) is 13.8 Å². The van der Waals surface area contributed by atoms with Crippen LogP contribution in [0.5, 0.6) is 0 Å². The van der Waals surface area contributed by atoms with Crippen LogP contribution in [0.25, 0.3) is 0 Å². The number of hydrogen-bond acceptors (Lipinski definition) is 3. The van der Waals surface area contributed by atoms with Gasteiger partial charge in [-0.25, -0.2) is 4.79 Å². The van der Waals surface area contributed by atoms with Crippen LogP contribution in [-0.4, -0.2) is 23.0 Å². The van der Waals surface area contributed by atoms with Gasteiger partial charge in [-0.1, -0.05) is 6.07 Å². The predicted octanol–water partition coefficient (Wildman–Crippen LogP) is 1.76. The van der Waals surface area contributed by atoms with Crippen LogP contribution in [0.1, 0.15) is 35.7 Å². The van der Waals surface area contributed by atoms with E-state index in [4.69, 9.17) is 10.8 Å². The number of carbonyl (C=O) groups is 2. The summed E-state index contributed by atoms with van der Waals surface area (Å²) in [5.74, 6) is -1.17. The van der Waals surface area contributed by atoms with Gasteiger partial charge in [-0.05, 0) is 38.0 Å². The SMILES string of the molecule is Cc1ccc(C(=O)O)cc1NC(=O)CCC(C)N. The summed E-state index contributed by atoms with van der Waals surface area (Å²) in [6.07, 6.45) is 0.928. The average Bonchev–Trinajstić information content (AvgIpc) is 2.29. The molecule has 5 heteroatoms. The van der Waals surface area contributed by atoms with Crippen LogP contribution in [0.2, 0.25) is 0 Å². The van der Waals surface area contributed by atoms with E-state index >= 15 is 0 Å². The molecule has 0 heterocycles. The van der Waals surface area contributed by atoms with Crippen LogP contribution < -0.4 is 11.1 Å². The van der Waals surface area contributed by atoms with Crippen molar-refractivity contribution in [2.24, 2.45) is 5.73 Å². The lowest BCUT2D eigenvalue weighted by Gasteiger charge is -2.10. The van der Waals surface area contributed by atoms with Crippen molar-refractivity contribution in [3.63, 3.8) is 0 Å². The Bertz CT molecular complexity index is 456. The minimum atomic E-state index is -1.01. The fourth-order valence-corrected chi connectivity index (χ4v) is 1.46. The average molecular weight is 250 g/mol. The molecular weight excluding hydrogens is 232 g/mol. The van der Waals surface area contributed by atoms with E-state index in [1.54, 1.807) is 6.07 Å². The van der Waals surface area contributed by atoms with Gasteiger partial charge in [0.25, 0.3) is 0 Å². The quantitative estimate of drug-likeness (QED) is 0.742. The molecule has 0 aliphatic rings. The molecule has 1 rings (SSSR count). The maximum atomic E-state index is 11.6. The normalized spacial score (nSPS) is 11.9. The van der Waals surface area contributed by atoms with Crippen LogP contribution in [-0.2, 0) is 4.79 Å². The van der Waals surface area contributed by atoms with Gasteiger partial charge in [-0.2, -0.15) is 0 Å². The summed E-state index contributed by atoms with van der Waals surface area (Å²) in [6, 6.07) is 4.61. The van der Waals surface area contributed by atoms with Gasteiger partial charge in [0.2, 0.25) is 5.91 Å². The largest absolute Gasteiger partial charge is 0.478 e. The Balaban J connectivity index is 2.74. The summed E-state index contributed by atoms with van der Waals surface area (Å²) in [5.41, 5.74) is 7.09. The zero-order valence-electron chi connectivity index (χ0n) is 10.6. The number of carbonyl (C=O) groups excluding carboxylic acids is 1. The fourth-order valence-electron chi connectivity index (χ4n) is 1.46. The second-order valence-electron chi connectivity index (χ2n) is 4.40. The summed E-state index contributed by atoms with van der Waals surface area (Å²) in [7, 11) is 0. The topological polar surface area (TPSA) is 92.4 Å². The molecule has 98 valence electrons. The van der Waals surface area contributed by atoms with E-state index in [9.17, 15) is 9.59 Å². The van der Waals surface area contributed by atoms with Crippen molar-refractivity contribution in [1.82, 2.24) is 0 Å². The number of benzene rings is 1. The molecule has 0 aliphatic carbocycles. The third-order valence-corrected chi connectivity index (χ3v) is 2.59. The van der Waals surface area contributed by atoms with Gasteiger partial charge < -0.3 is 16.2 Å². The standard InChI is InChI=1S/C13H18N2O3/c1-8-3-5-10(13(17)18)7-11(8)15-12(16)6-4-9(2)14/h3,5,7,9H,4,6,14H2,1-2H3,(H,15,16)(H,17,18). The molecule has 0 saturated heterocycles. The first-order valence-electron chi connectivity index (χ1n) is 5.79. The van der Waals surface area contributed by atoms with Gasteiger partial charge in [0.05, 0.1) is 5.56 Å². The molecule has 1 aromatic rings. The third kappa shape index (κ3) is 4.18. The lowest BCUT2D eigenvalue weighted by molar-refractivity contribution is -0.116. The molecule has 1 atom stereocenters. The van der Waals surface area contributed by atoms with Crippen molar-refractivity contribution < 1.29 is 14.7 Å². The third-order valence-electron chi connectivity index (χ3n) is 2.59. The van der Waals surface area contributed by atoms with E-state index in [-0.39, 0.29) is 17.5 Å². The number of anilines is 1. The van der Waals surface area contributed by atoms with Crippen LogP contribution in [0.3, 0.4) is 0 Å². The highest BCUT2D eigenvalue weighted by Gasteiger charge is 2.09. The lowest BCUT2D eigenvalue weighted by atomic mass is 10.1. The van der Waals surface area contributed by atoms with Gasteiger partial charge in [-0.3, -0.25) is 4.79 Å². The van der Waals surface area contributed by atoms with E-state index in [1.165, 1.54) is 12.1 Å². The number of nitrogens with two attached hydrogens (primary N) is 1. The minimum Gasteiger partial charge on any atom is -0.478 e. The molecule has 18 heavy (non-hydrogen) atoms. The van der Waals surface area contributed by atoms with Crippen molar-refractivity contribution in [3.05, 3.63) is 29.3 Å². The second-order valence-corrected chi connectivity index (χ2v) is 4.40. The van der Waals surface area contributed by atoms with Gasteiger partial charge in [0, 0.05) is 18.2 Å². The maximum absolute atomic E-state index is 11.6. The Labute approximate surface area is 106 Å². The molecule has 0 spiro atoms. The van der Waals surface area contributed by atoms with Crippen LogP contribution in [0.15, 0.2) is 18.2 Å². The molecule has 1 amide bonds. The maximum Gasteiger partial charge on any atom is 0.335 e. The number of amides is 1. The minimum absolute atomic E-state index is 0.0257. The summed E-state index contributed by atoms with van der Waals surface area (Å²) in [4.78, 5) is 22.5. The number of aryl methyl sites for hydroxylation is 1. The first-order chi connectivity index (χ1) is 8.40. The molecule has 0 bridgehead atoms. The first-order valence-corrected chi connectivity index (χ1v) is 5.79. The summed E-state index contributed by atoms with van der Waals surface area (Å²) < 4.78 is 0. The van der Waals surface area contributed by atoms with Gasteiger partial charge in [-0.15, -0.1) is 0 Å². The molecular formula is C13H18N2O3. The van der Waals surface area contributed by atoms with Gasteiger partial charge >= 0.3 is 5.97 Å². The number of rotatable bonds is 5. The predicted molar refractivity (Wildman–Crippen MR) is 69.7 cm³/mol. The molecule has 0 saturated carbocycles. The zero-order chi connectivity index (χ0) is 13.7. The Morgan fingerprint density at radius 2 is 2.11 bits per heavy atom. The lowest BCUT2D eigenvalue weighted by Crippen LogP contribution is -2.19. The fraction of sp³-hybridized carbons (Fsp3) is 0.385. The van der Waals surface area contributed by atoms with E-state index < -0.39 is 5.97 Å². The van der Waals surface area contributed by atoms with Crippen LogP contribution in [0, 0.1) is 6.92 Å². The Morgan fingerprint density at radius 1 is 1.44 bits per heavy atom. The van der Waals surface area contributed by atoms with Gasteiger partial charge in [0.15, 0.2) is 0 Å². The van der Waals surface area contributed by atoms with E-state index in [2.05, 4.69) is 5.32 Å². The number of hydrogen-bond donors (Lipinski definition) is 3. The highest BCUT2D eigenvalue weighted by Crippen LogP contribution is 2.17. The Morgan fingerprint density at radius 3 is 2.67 bits per heavy atom. The Hall–Kier alpha value is -1.88. The van der Waals surface area contributed by atoms with E-state index in [0.29, 0.717) is 18.5 Å². The van der Waals surface area contributed by atoms with E-state index in [0.717, 1.165) is 5.56 Å². The summed E-state index contributed by atoms with van der Waals surface area (Å²) in [6.45, 7) is 3.65. The number of aromatic carboxylic acids is 1. The van der Waals surface area contributed by atoms with Crippen molar-refractivity contribution in [3.8, 4) is 0 Å². The monoisotopic (exact) mass is 250 g/mol. The molecule has 0 aromatic heterocycles. The smallest absolute Gasteiger partial charge is 0.335 e. The van der Waals surface area contributed by atoms with Gasteiger partial charge in [0.1, 0.15) is 0 Å². The molecule has 0 fully saturated rings. The molecule has 1 unspecified atom stereocenters. The van der Waals surface area contributed by atoms with Crippen molar-refractivity contribution >= 4 is 17.6 Å². The van der Waals surface area contributed by atoms with Crippen LogP contribution in [0.4, 0.5) is 5.69 Å². The molecule has 4 N–H and O–H groups in total. The molecule has 1 aromatic carbocycles. The Kier molecular flexibility index (Phi) is 4.85. The highest BCUT2D eigenvalue weighted by atomic mass is 16.4. The van der Waals surface area contributed by atoms with Crippen molar-refractivity contribution in [2.75, 3.05) is 5.32 Å². The molecule has 0 radical (unpaired) electrons. The highest BCUT2D eigenvalue weighted by molar-refractivity contribution is 5.94. The van der Waals surface area contributed by atoms with Crippen LogP contribution >= 0.6 is 0 Å². The molecule has 5 nitrogen and oxygen atoms in total. The second kappa shape index (κ2) is 6.16. The number of carboxylic acid groups (broad SMARTS) is 1.